The van der Waals surface area contributed by atoms with E-state index < -0.39 is 0 Å². The molecule has 4 aromatic heterocycles. The van der Waals surface area contributed by atoms with Crippen LogP contribution in [-0.2, 0) is 6.54 Å². The Bertz CT molecular complexity index is 1600. The van der Waals surface area contributed by atoms with Crippen molar-refractivity contribution in [1.82, 2.24) is 34.2 Å². The quantitative estimate of drug-likeness (QED) is 0.419. The Kier molecular flexibility index (Phi) is 5.08. The highest BCUT2D eigenvalue weighted by Crippen LogP contribution is 2.26. The van der Waals surface area contributed by atoms with Crippen molar-refractivity contribution in [1.29, 1.82) is 0 Å². The lowest BCUT2D eigenvalue weighted by Gasteiger charge is -2.10. The van der Waals surface area contributed by atoms with Crippen LogP contribution in [0, 0.1) is 0 Å². The molecule has 4 heterocycles. The van der Waals surface area contributed by atoms with Gasteiger partial charge in [-0.15, -0.1) is 11.3 Å². The second kappa shape index (κ2) is 8.53. The number of fused-ring (bicyclic) bond motifs is 2. The van der Waals surface area contributed by atoms with Gasteiger partial charge in [-0.1, -0.05) is 30.4 Å². The van der Waals surface area contributed by atoms with Crippen LogP contribution in [0.3, 0.4) is 0 Å². The molecule has 1 aliphatic rings. The van der Waals surface area contributed by atoms with Crippen LogP contribution in [0.5, 0.6) is 0 Å². The minimum Gasteiger partial charge on any atom is -0.332 e. The second-order valence-electron chi connectivity index (χ2n) is 7.88. The van der Waals surface area contributed by atoms with Crippen molar-refractivity contribution in [3.05, 3.63) is 108 Å². The molecule has 34 heavy (non-hydrogen) atoms. The summed E-state index contributed by atoms with van der Waals surface area (Å²) in [7, 11) is 0. The van der Waals surface area contributed by atoms with E-state index >= 15 is 0 Å². The number of imidazole rings is 2. The molecule has 8 nitrogen and oxygen atoms in total. The summed E-state index contributed by atoms with van der Waals surface area (Å²) in [5.41, 5.74) is 5.55. The number of carbonyl (C=O) groups is 1. The minimum atomic E-state index is -0.285. The first-order valence-corrected chi connectivity index (χ1v) is 11.6. The van der Waals surface area contributed by atoms with Gasteiger partial charge in [0, 0.05) is 36.1 Å². The summed E-state index contributed by atoms with van der Waals surface area (Å²) in [4.78, 5) is 31.5. The van der Waals surface area contributed by atoms with Crippen molar-refractivity contribution in [2.45, 2.75) is 13.0 Å². The summed E-state index contributed by atoms with van der Waals surface area (Å²) in [5, 5.41) is 5.11. The Morgan fingerprint density at radius 3 is 2.88 bits per heavy atom. The number of para-hydroxylation sites is 2. The van der Waals surface area contributed by atoms with Crippen molar-refractivity contribution in [3.8, 4) is 0 Å². The van der Waals surface area contributed by atoms with Crippen LogP contribution in [0.2, 0.25) is 0 Å². The van der Waals surface area contributed by atoms with E-state index in [-0.39, 0.29) is 11.6 Å². The molecule has 1 aromatic carbocycles. The minimum absolute atomic E-state index is 0.282. The Balaban J connectivity index is 1.21. The molecule has 1 N–H and O–H groups in total. The maximum absolute atomic E-state index is 12.9. The maximum Gasteiger partial charge on any atom is 0.275 e. The molecule has 0 spiro atoms. The molecule has 0 saturated carbocycles. The van der Waals surface area contributed by atoms with Gasteiger partial charge < -0.3 is 9.88 Å². The number of allylic oxidation sites excluding steroid dienone is 5. The Morgan fingerprint density at radius 1 is 1.12 bits per heavy atom. The number of nitrogens with one attached hydrogen (secondary N) is 1. The van der Waals surface area contributed by atoms with Crippen molar-refractivity contribution in [3.63, 3.8) is 0 Å². The molecule has 0 saturated heterocycles. The molecule has 0 atom stereocenters. The van der Waals surface area contributed by atoms with E-state index in [9.17, 15) is 4.79 Å². The molecular weight excluding hydrogens is 446 g/mol. The largest absolute Gasteiger partial charge is 0.332 e. The van der Waals surface area contributed by atoms with Crippen molar-refractivity contribution >= 4 is 38.8 Å². The average Bonchev–Trinajstić information content (AvgIpc) is 3.56. The van der Waals surface area contributed by atoms with Gasteiger partial charge in [0.2, 0.25) is 0 Å². The Hall–Kier alpha value is -4.37. The second-order valence-corrected chi connectivity index (χ2v) is 8.72. The molecule has 0 radical (unpaired) electrons. The summed E-state index contributed by atoms with van der Waals surface area (Å²) < 4.78 is 4.14. The molecule has 1 aliphatic carbocycles. The molecule has 0 unspecified atom stereocenters. The number of thiazole rings is 1. The predicted molar refractivity (Wildman–Crippen MR) is 131 cm³/mol. The molecule has 5 aromatic rings. The monoisotopic (exact) mass is 465 g/mol. The first-order valence-electron chi connectivity index (χ1n) is 10.7. The van der Waals surface area contributed by atoms with E-state index in [1.165, 1.54) is 6.20 Å². The summed E-state index contributed by atoms with van der Waals surface area (Å²) in [5.74, 6) is -0.285. The molecule has 166 valence electrons. The molecule has 1 amide bonds. The van der Waals surface area contributed by atoms with E-state index in [0.717, 1.165) is 39.7 Å². The third kappa shape index (κ3) is 3.93. The highest BCUT2D eigenvalue weighted by molar-refractivity contribution is 7.15. The van der Waals surface area contributed by atoms with Crippen LogP contribution >= 0.6 is 11.3 Å². The summed E-state index contributed by atoms with van der Waals surface area (Å²) in [6, 6.07) is 7.49. The lowest BCUT2D eigenvalue weighted by atomic mass is 10.1. The fraction of sp³-hybridized carbons (Fsp3) is 0.0800. The van der Waals surface area contributed by atoms with Crippen LogP contribution in [0.1, 0.15) is 28.3 Å². The zero-order valence-corrected chi connectivity index (χ0v) is 18.8. The number of aromatic nitrogens is 6. The van der Waals surface area contributed by atoms with Gasteiger partial charge in [0.25, 0.3) is 5.91 Å². The normalized spacial score (nSPS) is 13.6. The van der Waals surface area contributed by atoms with Gasteiger partial charge in [0.1, 0.15) is 5.69 Å². The lowest BCUT2D eigenvalue weighted by Crippen LogP contribution is -2.24. The Labute approximate surface area is 198 Å². The number of benzene rings is 1. The summed E-state index contributed by atoms with van der Waals surface area (Å²) in [6.07, 6.45) is 17.4. The topological polar surface area (TPSA) is 90.0 Å². The van der Waals surface area contributed by atoms with Crippen molar-refractivity contribution < 1.29 is 4.79 Å². The molecule has 6 rings (SSSR count). The summed E-state index contributed by atoms with van der Waals surface area (Å²) >= 11 is 1.61. The van der Waals surface area contributed by atoms with Crippen molar-refractivity contribution in [2.75, 3.05) is 0 Å². The lowest BCUT2D eigenvalue weighted by molar-refractivity contribution is 0.0960. The van der Waals surface area contributed by atoms with E-state index in [4.69, 9.17) is 4.98 Å². The van der Waals surface area contributed by atoms with Gasteiger partial charge in [-0.05, 0) is 23.8 Å². The molecule has 0 fully saturated rings. The third-order valence-electron chi connectivity index (χ3n) is 5.56. The molecular formula is C25H19N7OS. The number of nitrogens with zero attached hydrogens (tertiary/aromatic N) is 6. The van der Waals surface area contributed by atoms with E-state index in [1.807, 2.05) is 59.3 Å². The van der Waals surface area contributed by atoms with Crippen LogP contribution in [0.25, 0.3) is 21.6 Å². The number of amides is 1. The molecule has 0 aliphatic heterocycles. The summed E-state index contributed by atoms with van der Waals surface area (Å²) in [6.45, 7) is 0.725. The zero-order chi connectivity index (χ0) is 22.9. The van der Waals surface area contributed by atoms with Gasteiger partial charge in [-0.3, -0.25) is 14.2 Å². The fourth-order valence-electron chi connectivity index (χ4n) is 3.87. The highest BCUT2D eigenvalue weighted by atomic mass is 32.1. The highest BCUT2D eigenvalue weighted by Gasteiger charge is 2.16. The molecule has 0 bridgehead atoms. The average molecular weight is 466 g/mol. The third-order valence-corrected chi connectivity index (χ3v) is 6.45. The maximum atomic E-state index is 12.9. The fourth-order valence-corrected chi connectivity index (χ4v) is 4.73. The van der Waals surface area contributed by atoms with Crippen LogP contribution in [0.4, 0.5) is 0 Å². The Morgan fingerprint density at radius 2 is 2.00 bits per heavy atom. The van der Waals surface area contributed by atoms with E-state index in [1.54, 1.807) is 23.9 Å². The van der Waals surface area contributed by atoms with Gasteiger partial charge in [-0.25, -0.2) is 15.0 Å². The number of hydrogen-bond acceptors (Lipinski definition) is 6. The SMILES string of the molecule is O=C(NC1=CC=CC=C(c2cn3c(Cn4ccnc4)csc3n2)C1)c1cnc2ccccc2n1. The van der Waals surface area contributed by atoms with Gasteiger partial charge in [-0.2, -0.15) is 0 Å². The van der Waals surface area contributed by atoms with Crippen LogP contribution in [0.15, 0.2) is 90.8 Å². The number of hydrogen-bond donors (Lipinski definition) is 1. The first-order chi connectivity index (χ1) is 16.7. The first kappa shape index (κ1) is 20.3. The zero-order valence-electron chi connectivity index (χ0n) is 18.0. The van der Waals surface area contributed by atoms with Gasteiger partial charge in [0.15, 0.2) is 4.96 Å². The predicted octanol–water partition coefficient (Wildman–Crippen LogP) is 4.24. The van der Waals surface area contributed by atoms with Gasteiger partial charge >= 0.3 is 0 Å². The van der Waals surface area contributed by atoms with Crippen molar-refractivity contribution in [2.24, 2.45) is 0 Å². The number of carbonyl (C=O) groups excluding carboxylic acids is 1. The van der Waals surface area contributed by atoms with Crippen LogP contribution < -0.4 is 5.32 Å². The van der Waals surface area contributed by atoms with E-state index in [2.05, 4.69) is 36.2 Å². The number of rotatable bonds is 5. The van der Waals surface area contributed by atoms with Crippen LogP contribution in [-0.4, -0.2) is 34.8 Å². The standard InChI is InChI=1S/C25H19N7OS/c33-24(22-12-27-20-7-3-4-8-21(20)29-22)28-18-6-2-1-5-17(11-18)23-14-32-19(15-34-25(32)30-23)13-31-10-9-26-16-31/h1-10,12,14-16H,11,13H2,(H,28,33). The van der Waals surface area contributed by atoms with E-state index in [0.29, 0.717) is 11.9 Å². The smallest absolute Gasteiger partial charge is 0.275 e. The van der Waals surface area contributed by atoms with Gasteiger partial charge in [0.05, 0.1) is 41.5 Å². The molecule has 9 heteroatoms.